The number of aryl methyl sites for hydroxylation is 3. The predicted octanol–water partition coefficient (Wildman–Crippen LogP) is 2.10. The van der Waals surface area contributed by atoms with Gasteiger partial charge < -0.3 is 14.4 Å². The Bertz CT molecular complexity index is 770. The fourth-order valence-electron chi connectivity index (χ4n) is 2.60. The molecule has 0 aliphatic rings. The lowest BCUT2D eigenvalue weighted by atomic mass is 10.2. The maximum absolute atomic E-state index is 12.2. The number of para-hydroxylation sites is 1. The van der Waals surface area contributed by atoms with Gasteiger partial charge in [-0.3, -0.25) is 14.3 Å². The second kappa shape index (κ2) is 9.03. The molecule has 26 heavy (non-hydrogen) atoms. The summed E-state index contributed by atoms with van der Waals surface area (Å²) < 4.78 is 12.1. The summed E-state index contributed by atoms with van der Waals surface area (Å²) in [6.45, 7) is 4.37. The van der Waals surface area contributed by atoms with Crippen molar-refractivity contribution in [2.75, 3.05) is 20.8 Å². The number of amides is 1. The zero-order chi connectivity index (χ0) is 19.1. The molecule has 2 rings (SSSR count). The van der Waals surface area contributed by atoms with Crippen LogP contribution >= 0.6 is 0 Å². The van der Waals surface area contributed by atoms with Crippen LogP contribution < -0.4 is 4.74 Å². The van der Waals surface area contributed by atoms with Crippen LogP contribution in [0.25, 0.3) is 0 Å². The molecular formula is C19H25N3O4. The molecule has 0 aliphatic carbocycles. The van der Waals surface area contributed by atoms with Crippen molar-refractivity contribution in [3.05, 3.63) is 47.3 Å². The number of esters is 1. The maximum Gasteiger partial charge on any atom is 0.308 e. The van der Waals surface area contributed by atoms with Crippen molar-refractivity contribution in [2.24, 2.45) is 0 Å². The van der Waals surface area contributed by atoms with E-state index in [2.05, 4.69) is 5.10 Å². The number of methoxy groups -OCH3 is 1. The smallest absolute Gasteiger partial charge is 0.308 e. The first-order valence-electron chi connectivity index (χ1n) is 8.43. The summed E-state index contributed by atoms with van der Waals surface area (Å²) in [6, 6.07) is 9.43. The molecular weight excluding hydrogens is 334 g/mol. The summed E-state index contributed by atoms with van der Waals surface area (Å²) in [5.41, 5.74) is 2.79. The standard InChI is InChI=1S/C19H25N3O4/c1-14-11-15(2)22(20-14)10-9-19(24)26-13-18(23)21(3)12-16-7-5-6-8-17(16)25-4/h5-8,11H,9-10,12-13H2,1-4H3. The third-order valence-electron chi connectivity index (χ3n) is 4.01. The Morgan fingerprint density at radius 2 is 1.96 bits per heavy atom. The number of aromatic nitrogens is 2. The van der Waals surface area contributed by atoms with Gasteiger partial charge in [0.15, 0.2) is 6.61 Å². The van der Waals surface area contributed by atoms with E-state index in [1.54, 1.807) is 18.8 Å². The second-order valence-electron chi connectivity index (χ2n) is 6.12. The number of carbonyl (C=O) groups excluding carboxylic acids is 2. The van der Waals surface area contributed by atoms with E-state index >= 15 is 0 Å². The van der Waals surface area contributed by atoms with E-state index in [1.807, 2.05) is 44.2 Å². The molecule has 1 aromatic carbocycles. The lowest BCUT2D eigenvalue weighted by molar-refractivity contribution is -0.151. The number of hydrogen-bond donors (Lipinski definition) is 0. The quantitative estimate of drug-likeness (QED) is 0.675. The zero-order valence-electron chi connectivity index (χ0n) is 15.7. The molecule has 140 valence electrons. The van der Waals surface area contributed by atoms with E-state index in [0.29, 0.717) is 18.8 Å². The minimum absolute atomic E-state index is 0.172. The zero-order valence-corrected chi connectivity index (χ0v) is 15.7. The van der Waals surface area contributed by atoms with Crippen molar-refractivity contribution in [3.8, 4) is 5.75 Å². The van der Waals surface area contributed by atoms with E-state index in [-0.39, 0.29) is 18.9 Å². The Labute approximate surface area is 153 Å². The Balaban J connectivity index is 1.78. The normalized spacial score (nSPS) is 10.5. The number of likely N-dealkylation sites (N-methyl/N-ethyl adjacent to an activating group) is 1. The van der Waals surface area contributed by atoms with Crippen LogP contribution in [0.15, 0.2) is 30.3 Å². The highest BCUT2D eigenvalue weighted by atomic mass is 16.5. The molecule has 0 unspecified atom stereocenters. The minimum Gasteiger partial charge on any atom is -0.496 e. The first-order chi connectivity index (χ1) is 12.4. The van der Waals surface area contributed by atoms with Gasteiger partial charge in [-0.1, -0.05) is 18.2 Å². The lowest BCUT2D eigenvalue weighted by Gasteiger charge is -2.18. The highest BCUT2D eigenvalue weighted by Crippen LogP contribution is 2.18. The average Bonchev–Trinajstić information content (AvgIpc) is 2.95. The van der Waals surface area contributed by atoms with E-state index in [0.717, 1.165) is 17.0 Å². The van der Waals surface area contributed by atoms with E-state index < -0.39 is 5.97 Å². The van der Waals surface area contributed by atoms with Crippen molar-refractivity contribution in [2.45, 2.75) is 33.4 Å². The highest BCUT2D eigenvalue weighted by molar-refractivity contribution is 5.80. The number of ether oxygens (including phenoxy) is 2. The molecule has 0 atom stereocenters. The molecule has 2 aromatic rings. The molecule has 0 radical (unpaired) electrons. The minimum atomic E-state index is -0.420. The molecule has 0 saturated heterocycles. The van der Waals surface area contributed by atoms with Crippen molar-refractivity contribution >= 4 is 11.9 Å². The van der Waals surface area contributed by atoms with Gasteiger partial charge in [0.05, 0.1) is 25.8 Å². The molecule has 0 N–H and O–H groups in total. The molecule has 0 saturated carbocycles. The lowest BCUT2D eigenvalue weighted by Crippen LogP contribution is -2.31. The Morgan fingerprint density at radius 1 is 1.23 bits per heavy atom. The van der Waals surface area contributed by atoms with Crippen molar-refractivity contribution in [1.82, 2.24) is 14.7 Å². The van der Waals surface area contributed by atoms with Gasteiger partial charge in [0.25, 0.3) is 5.91 Å². The van der Waals surface area contributed by atoms with Crippen molar-refractivity contribution in [3.63, 3.8) is 0 Å². The number of hydrogen-bond acceptors (Lipinski definition) is 5. The van der Waals surface area contributed by atoms with Crippen LogP contribution in [-0.2, 0) is 27.4 Å². The Kier molecular flexibility index (Phi) is 6.77. The largest absolute Gasteiger partial charge is 0.496 e. The van der Waals surface area contributed by atoms with Gasteiger partial charge in [-0.05, 0) is 26.0 Å². The first kappa shape index (κ1) is 19.5. The molecule has 7 heteroatoms. The first-order valence-corrected chi connectivity index (χ1v) is 8.43. The van der Waals surface area contributed by atoms with Gasteiger partial charge in [0.2, 0.25) is 0 Å². The van der Waals surface area contributed by atoms with Crippen molar-refractivity contribution < 1.29 is 19.1 Å². The van der Waals surface area contributed by atoms with Gasteiger partial charge in [-0.25, -0.2) is 0 Å². The molecule has 1 amide bonds. The monoisotopic (exact) mass is 359 g/mol. The molecule has 1 heterocycles. The van der Waals surface area contributed by atoms with Crippen LogP contribution in [0.5, 0.6) is 5.75 Å². The molecule has 7 nitrogen and oxygen atoms in total. The van der Waals surface area contributed by atoms with Crippen LogP contribution in [0, 0.1) is 13.8 Å². The fourth-order valence-corrected chi connectivity index (χ4v) is 2.60. The van der Waals surface area contributed by atoms with Gasteiger partial charge in [0.1, 0.15) is 5.75 Å². The summed E-state index contributed by atoms with van der Waals surface area (Å²) >= 11 is 0. The number of nitrogens with zero attached hydrogens (tertiary/aromatic N) is 3. The molecule has 0 spiro atoms. The maximum atomic E-state index is 12.2. The SMILES string of the molecule is COc1ccccc1CN(C)C(=O)COC(=O)CCn1nc(C)cc1C. The van der Waals surface area contributed by atoms with Crippen LogP contribution in [0.1, 0.15) is 23.4 Å². The molecule has 0 aliphatic heterocycles. The average molecular weight is 359 g/mol. The van der Waals surface area contributed by atoms with E-state index in [1.165, 1.54) is 4.90 Å². The van der Waals surface area contributed by atoms with Crippen LogP contribution in [-0.4, -0.2) is 47.3 Å². The summed E-state index contributed by atoms with van der Waals surface area (Å²) in [5.74, 6) is 0.0287. The molecule has 1 aromatic heterocycles. The topological polar surface area (TPSA) is 73.7 Å². The predicted molar refractivity (Wildman–Crippen MR) is 96.7 cm³/mol. The van der Waals surface area contributed by atoms with E-state index in [4.69, 9.17) is 9.47 Å². The van der Waals surface area contributed by atoms with Gasteiger partial charge >= 0.3 is 5.97 Å². The van der Waals surface area contributed by atoms with Crippen molar-refractivity contribution in [1.29, 1.82) is 0 Å². The number of carbonyl (C=O) groups is 2. The van der Waals surface area contributed by atoms with Gasteiger partial charge in [-0.15, -0.1) is 0 Å². The number of benzene rings is 1. The summed E-state index contributed by atoms with van der Waals surface area (Å²) in [4.78, 5) is 25.5. The molecule has 0 bridgehead atoms. The third-order valence-corrected chi connectivity index (χ3v) is 4.01. The summed E-state index contributed by atoms with van der Waals surface area (Å²) in [6.07, 6.45) is 0.172. The fraction of sp³-hybridized carbons (Fsp3) is 0.421. The Hall–Kier alpha value is -2.83. The molecule has 0 fully saturated rings. The highest BCUT2D eigenvalue weighted by Gasteiger charge is 2.14. The number of rotatable bonds is 8. The third kappa shape index (κ3) is 5.34. The van der Waals surface area contributed by atoms with Gasteiger partial charge in [-0.2, -0.15) is 5.10 Å². The van der Waals surface area contributed by atoms with Crippen LogP contribution in [0.4, 0.5) is 0 Å². The Morgan fingerprint density at radius 3 is 2.62 bits per heavy atom. The van der Waals surface area contributed by atoms with Gasteiger partial charge in [0, 0.05) is 24.8 Å². The van der Waals surface area contributed by atoms with Crippen LogP contribution in [0.2, 0.25) is 0 Å². The summed E-state index contributed by atoms with van der Waals surface area (Å²) in [7, 11) is 3.25. The van der Waals surface area contributed by atoms with E-state index in [9.17, 15) is 9.59 Å². The second-order valence-corrected chi connectivity index (χ2v) is 6.12. The summed E-state index contributed by atoms with van der Waals surface area (Å²) in [5, 5.41) is 4.29. The van der Waals surface area contributed by atoms with Crippen LogP contribution in [0.3, 0.4) is 0 Å².